The number of nitrogens with zero attached hydrogens (tertiary/aromatic N) is 1. The molecular weight excluding hydrogens is 306 g/mol. The minimum Gasteiger partial charge on any atom is -0.479 e. The zero-order valence-corrected chi connectivity index (χ0v) is 13.0. The van der Waals surface area contributed by atoms with Crippen LogP contribution >= 0.6 is 0 Å². The Bertz CT molecular complexity index is 816. The molecule has 2 aromatic carbocycles. The predicted octanol–water partition coefficient (Wildman–Crippen LogP) is 3.31. The number of rotatable bonds is 6. The first-order valence-electron chi connectivity index (χ1n) is 7.21. The third kappa shape index (κ3) is 4.55. The Morgan fingerprint density at radius 1 is 1.21 bits per heavy atom. The zero-order chi connectivity index (χ0) is 17.5. The summed E-state index contributed by atoms with van der Waals surface area (Å²) in [7, 11) is 0. The van der Waals surface area contributed by atoms with Crippen LogP contribution in [0.5, 0.6) is 5.75 Å². The molecule has 0 saturated carbocycles. The van der Waals surface area contributed by atoms with Gasteiger partial charge in [0, 0.05) is 5.56 Å². The van der Waals surface area contributed by atoms with Crippen LogP contribution in [0.4, 0.5) is 0 Å². The smallest absolute Gasteiger partial charge is 0.344 e. The normalized spacial score (nSPS) is 11.7. The molecule has 2 aromatic rings. The molecule has 0 aromatic heterocycles. The van der Waals surface area contributed by atoms with E-state index in [0.717, 1.165) is 0 Å². The lowest BCUT2D eigenvalue weighted by Crippen LogP contribution is -2.22. The first-order chi connectivity index (χ1) is 11.5. The maximum atomic E-state index is 12.1. The second-order valence-electron chi connectivity index (χ2n) is 5.06. The number of ketones is 1. The van der Waals surface area contributed by atoms with Gasteiger partial charge in [0.05, 0.1) is 11.6 Å². The SMILES string of the molecule is CC(Oc1cccc(/C=C/C(=O)c2ccc(C#N)cc2)c1)C(=O)O. The van der Waals surface area contributed by atoms with Crippen molar-refractivity contribution in [3.8, 4) is 11.8 Å². The molecule has 1 atom stereocenters. The van der Waals surface area contributed by atoms with E-state index in [-0.39, 0.29) is 5.78 Å². The number of carboxylic acid groups (broad SMARTS) is 1. The minimum absolute atomic E-state index is 0.190. The van der Waals surface area contributed by atoms with Crippen LogP contribution in [0.1, 0.15) is 28.4 Å². The van der Waals surface area contributed by atoms with Crippen molar-refractivity contribution in [2.24, 2.45) is 0 Å². The number of aliphatic carboxylic acids is 1. The maximum absolute atomic E-state index is 12.1. The van der Waals surface area contributed by atoms with Gasteiger partial charge >= 0.3 is 5.97 Å². The topological polar surface area (TPSA) is 87.4 Å². The van der Waals surface area contributed by atoms with Crippen LogP contribution in [0.3, 0.4) is 0 Å². The van der Waals surface area contributed by atoms with E-state index in [0.29, 0.717) is 22.4 Å². The van der Waals surface area contributed by atoms with E-state index >= 15 is 0 Å². The summed E-state index contributed by atoms with van der Waals surface area (Å²) in [5.41, 5.74) is 1.69. The number of nitriles is 1. The third-order valence-corrected chi connectivity index (χ3v) is 3.24. The standard InChI is InChI=1S/C19H15NO4/c1-13(19(22)23)24-17-4-2-3-14(11-17)7-10-18(21)16-8-5-15(12-20)6-9-16/h2-11,13H,1H3,(H,22,23)/b10-7+. The molecule has 2 rings (SSSR count). The molecule has 0 heterocycles. The summed E-state index contributed by atoms with van der Waals surface area (Å²) in [6, 6.07) is 15.2. The molecule has 0 aliphatic heterocycles. The summed E-state index contributed by atoms with van der Waals surface area (Å²) in [6.45, 7) is 1.44. The molecule has 1 N–H and O–H groups in total. The van der Waals surface area contributed by atoms with Gasteiger partial charge in [0.2, 0.25) is 0 Å². The van der Waals surface area contributed by atoms with Gasteiger partial charge in [-0.15, -0.1) is 0 Å². The van der Waals surface area contributed by atoms with E-state index in [1.165, 1.54) is 13.0 Å². The fourth-order valence-electron chi connectivity index (χ4n) is 1.92. The number of hydrogen-bond acceptors (Lipinski definition) is 4. The second-order valence-corrected chi connectivity index (χ2v) is 5.06. The molecule has 120 valence electrons. The minimum atomic E-state index is -1.05. The predicted molar refractivity (Wildman–Crippen MR) is 88.7 cm³/mol. The monoisotopic (exact) mass is 321 g/mol. The molecule has 0 spiro atoms. The Balaban J connectivity index is 2.09. The average Bonchev–Trinajstić information content (AvgIpc) is 2.60. The molecule has 0 aliphatic rings. The van der Waals surface area contributed by atoms with Crippen LogP contribution in [-0.2, 0) is 4.79 Å². The molecule has 0 amide bonds. The van der Waals surface area contributed by atoms with Gasteiger partial charge in [0.1, 0.15) is 5.75 Å². The van der Waals surface area contributed by atoms with Gasteiger partial charge in [0.15, 0.2) is 11.9 Å². The van der Waals surface area contributed by atoms with E-state index in [9.17, 15) is 9.59 Å². The largest absolute Gasteiger partial charge is 0.479 e. The average molecular weight is 321 g/mol. The quantitative estimate of drug-likeness (QED) is 0.651. The van der Waals surface area contributed by atoms with Crippen LogP contribution in [0, 0.1) is 11.3 Å². The van der Waals surface area contributed by atoms with Gasteiger partial charge in [-0.3, -0.25) is 4.79 Å². The molecule has 0 aliphatic carbocycles. The van der Waals surface area contributed by atoms with Crippen molar-refractivity contribution >= 4 is 17.8 Å². The molecule has 0 radical (unpaired) electrons. The molecule has 0 bridgehead atoms. The molecule has 24 heavy (non-hydrogen) atoms. The third-order valence-electron chi connectivity index (χ3n) is 3.24. The van der Waals surface area contributed by atoms with Crippen molar-refractivity contribution in [3.63, 3.8) is 0 Å². The Labute approximate surface area is 139 Å². The zero-order valence-electron chi connectivity index (χ0n) is 13.0. The van der Waals surface area contributed by atoms with E-state index in [2.05, 4.69) is 0 Å². The van der Waals surface area contributed by atoms with Gasteiger partial charge in [-0.25, -0.2) is 4.79 Å². The highest BCUT2D eigenvalue weighted by Gasteiger charge is 2.12. The summed E-state index contributed by atoms with van der Waals surface area (Å²) in [5.74, 6) is -0.825. The van der Waals surface area contributed by atoms with Gasteiger partial charge in [-0.05, 0) is 55.0 Å². The number of hydrogen-bond donors (Lipinski definition) is 1. The Kier molecular flexibility index (Phi) is 5.48. The lowest BCUT2D eigenvalue weighted by molar-refractivity contribution is -0.144. The second kappa shape index (κ2) is 7.75. The number of ether oxygens (including phenoxy) is 1. The van der Waals surface area contributed by atoms with Crippen LogP contribution in [0.25, 0.3) is 6.08 Å². The van der Waals surface area contributed by atoms with E-state index in [1.54, 1.807) is 54.6 Å². The Hall–Kier alpha value is -3.39. The molecule has 1 unspecified atom stereocenters. The van der Waals surface area contributed by atoms with Crippen LogP contribution in [-0.4, -0.2) is 23.0 Å². The van der Waals surface area contributed by atoms with Crippen LogP contribution in [0.15, 0.2) is 54.6 Å². The maximum Gasteiger partial charge on any atom is 0.344 e. The van der Waals surface area contributed by atoms with Crippen molar-refractivity contribution < 1.29 is 19.4 Å². The van der Waals surface area contributed by atoms with Gasteiger partial charge in [-0.2, -0.15) is 5.26 Å². The highest BCUT2D eigenvalue weighted by Crippen LogP contribution is 2.16. The highest BCUT2D eigenvalue weighted by atomic mass is 16.5. The van der Waals surface area contributed by atoms with Gasteiger partial charge < -0.3 is 9.84 Å². The van der Waals surface area contributed by atoms with Crippen molar-refractivity contribution in [1.29, 1.82) is 5.26 Å². The summed E-state index contributed by atoms with van der Waals surface area (Å²) in [4.78, 5) is 22.9. The summed E-state index contributed by atoms with van der Waals surface area (Å²) < 4.78 is 5.28. The Morgan fingerprint density at radius 3 is 2.54 bits per heavy atom. The van der Waals surface area contributed by atoms with Crippen molar-refractivity contribution in [2.75, 3.05) is 0 Å². The van der Waals surface area contributed by atoms with Crippen LogP contribution < -0.4 is 4.74 Å². The highest BCUT2D eigenvalue weighted by molar-refractivity contribution is 6.06. The van der Waals surface area contributed by atoms with Crippen molar-refractivity contribution in [3.05, 3.63) is 71.3 Å². The molecular formula is C19H15NO4. The fraction of sp³-hybridized carbons (Fsp3) is 0.105. The van der Waals surface area contributed by atoms with E-state index < -0.39 is 12.1 Å². The number of carbonyl (C=O) groups is 2. The number of carbonyl (C=O) groups excluding carboxylic acids is 1. The first-order valence-corrected chi connectivity index (χ1v) is 7.21. The number of allylic oxidation sites excluding steroid dienone is 1. The number of carboxylic acids is 1. The molecule has 5 heteroatoms. The number of benzene rings is 2. The molecule has 0 fully saturated rings. The Morgan fingerprint density at radius 2 is 1.92 bits per heavy atom. The first kappa shape index (κ1) is 17.0. The van der Waals surface area contributed by atoms with Gasteiger partial charge in [-0.1, -0.05) is 18.2 Å². The van der Waals surface area contributed by atoms with Crippen molar-refractivity contribution in [1.82, 2.24) is 0 Å². The molecule has 0 saturated heterocycles. The van der Waals surface area contributed by atoms with Gasteiger partial charge in [0.25, 0.3) is 0 Å². The summed E-state index contributed by atoms with van der Waals surface area (Å²) in [6.07, 6.45) is 2.09. The van der Waals surface area contributed by atoms with Crippen molar-refractivity contribution in [2.45, 2.75) is 13.0 Å². The lowest BCUT2D eigenvalue weighted by Gasteiger charge is -2.10. The summed E-state index contributed by atoms with van der Waals surface area (Å²) >= 11 is 0. The van der Waals surface area contributed by atoms with Crippen LogP contribution in [0.2, 0.25) is 0 Å². The van der Waals surface area contributed by atoms with E-state index in [4.69, 9.17) is 15.1 Å². The molecule has 5 nitrogen and oxygen atoms in total. The van der Waals surface area contributed by atoms with E-state index in [1.807, 2.05) is 6.07 Å². The summed E-state index contributed by atoms with van der Waals surface area (Å²) in [5, 5.41) is 17.6. The lowest BCUT2D eigenvalue weighted by atomic mass is 10.1. The fourth-order valence-corrected chi connectivity index (χ4v) is 1.92.